The molecule has 0 aliphatic carbocycles. The Balaban J connectivity index is 2.68. The van der Waals surface area contributed by atoms with Gasteiger partial charge in [-0.3, -0.25) is 0 Å². The Hall–Kier alpha value is -1.36. The zero-order valence-corrected chi connectivity index (χ0v) is 10.1. The van der Waals surface area contributed by atoms with Gasteiger partial charge in [0.2, 0.25) is 0 Å². The third-order valence-corrected chi connectivity index (χ3v) is 3.54. The number of hydrogen-bond donors (Lipinski definition) is 1. The Labute approximate surface area is 94.6 Å². The van der Waals surface area contributed by atoms with Crippen LogP contribution in [0.15, 0.2) is 23.1 Å². The van der Waals surface area contributed by atoms with Crippen LogP contribution in [0.4, 0.5) is 0 Å². The molecule has 0 radical (unpaired) electrons. The number of H-pyrrole nitrogens is 1. The van der Waals surface area contributed by atoms with Gasteiger partial charge in [-0.2, -0.15) is 0 Å². The van der Waals surface area contributed by atoms with Crippen molar-refractivity contribution in [2.24, 2.45) is 0 Å². The first-order valence-corrected chi connectivity index (χ1v) is 7.09. The quantitative estimate of drug-likeness (QED) is 0.888. The zero-order chi connectivity index (χ0) is 11.8. The van der Waals surface area contributed by atoms with Crippen molar-refractivity contribution in [2.75, 3.05) is 6.26 Å². The molecule has 16 heavy (non-hydrogen) atoms. The first kappa shape index (κ1) is 11.1. The van der Waals surface area contributed by atoms with E-state index in [1.165, 1.54) is 6.26 Å². The van der Waals surface area contributed by atoms with Gasteiger partial charge in [0.15, 0.2) is 9.84 Å². The highest BCUT2D eigenvalue weighted by Crippen LogP contribution is 2.21. The number of hydrogen-bond acceptors (Lipinski definition) is 3. The van der Waals surface area contributed by atoms with E-state index in [2.05, 4.69) is 16.9 Å². The molecule has 0 bridgehead atoms. The van der Waals surface area contributed by atoms with Gasteiger partial charge in [0, 0.05) is 12.7 Å². The molecule has 4 nitrogen and oxygen atoms in total. The second-order valence-corrected chi connectivity index (χ2v) is 5.84. The minimum Gasteiger partial charge on any atom is -0.342 e. The van der Waals surface area contributed by atoms with Gasteiger partial charge in [-0.05, 0) is 18.6 Å². The van der Waals surface area contributed by atoms with E-state index in [9.17, 15) is 8.42 Å². The molecule has 0 atom stereocenters. The normalized spacial score (nSPS) is 12.1. The number of fused-ring (bicyclic) bond motifs is 1. The van der Waals surface area contributed by atoms with Crippen LogP contribution in [0.3, 0.4) is 0 Å². The van der Waals surface area contributed by atoms with Crippen molar-refractivity contribution < 1.29 is 8.42 Å². The van der Waals surface area contributed by atoms with Crippen molar-refractivity contribution in [3.8, 4) is 0 Å². The molecule has 0 saturated carbocycles. The summed E-state index contributed by atoms with van der Waals surface area (Å²) in [5.41, 5.74) is 1.33. The lowest BCUT2D eigenvalue weighted by molar-refractivity contribution is 0.602. The van der Waals surface area contributed by atoms with Gasteiger partial charge in [0.1, 0.15) is 11.3 Å². The average Bonchev–Trinajstić information content (AvgIpc) is 2.58. The fourth-order valence-corrected chi connectivity index (χ4v) is 2.54. The molecule has 1 aromatic carbocycles. The maximum absolute atomic E-state index is 11.6. The summed E-state index contributed by atoms with van der Waals surface area (Å²) in [5.74, 6) is 0.841. The fraction of sp³-hybridized carbons (Fsp3) is 0.364. The number of para-hydroxylation sites is 1. The van der Waals surface area contributed by atoms with Crippen LogP contribution in [0.5, 0.6) is 0 Å². The van der Waals surface area contributed by atoms with Gasteiger partial charge in [0.05, 0.1) is 10.4 Å². The van der Waals surface area contributed by atoms with Crippen LogP contribution < -0.4 is 0 Å². The highest BCUT2D eigenvalue weighted by Gasteiger charge is 2.14. The molecule has 0 amide bonds. The van der Waals surface area contributed by atoms with Crippen molar-refractivity contribution >= 4 is 20.9 Å². The van der Waals surface area contributed by atoms with E-state index in [0.717, 1.165) is 24.2 Å². The van der Waals surface area contributed by atoms with Crippen LogP contribution in [-0.2, 0) is 16.3 Å². The molecule has 2 rings (SSSR count). The summed E-state index contributed by atoms with van der Waals surface area (Å²) in [6.07, 6.45) is 3.02. The van der Waals surface area contributed by atoms with E-state index in [1.54, 1.807) is 12.1 Å². The summed E-state index contributed by atoms with van der Waals surface area (Å²) < 4.78 is 23.1. The number of sulfone groups is 1. The molecule has 5 heteroatoms. The number of nitrogens with zero attached hydrogens (tertiary/aromatic N) is 1. The monoisotopic (exact) mass is 238 g/mol. The summed E-state index contributed by atoms with van der Waals surface area (Å²) in [6.45, 7) is 2.06. The molecule has 0 fully saturated rings. The number of imidazole rings is 1. The van der Waals surface area contributed by atoms with Crippen LogP contribution in [0.1, 0.15) is 19.2 Å². The number of rotatable bonds is 3. The third kappa shape index (κ3) is 1.95. The van der Waals surface area contributed by atoms with Crippen LogP contribution in [-0.4, -0.2) is 24.6 Å². The van der Waals surface area contributed by atoms with E-state index in [-0.39, 0.29) is 0 Å². The summed E-state index contributed by atoms with van der Waals surface area (Å²) >= 11 is 0. The van der Waals surface area contributed by atoms with Crippen LogP contribution >= 0.6 is 0 Å². The van der Waals surface area contributed by atoms with Crippen LogP contribution in [0, 0.1) is 0 Å². The van der Waals surface area contributed by atoms with E-state index < -0.39 is 9.84 Å². The molecule has 1 aromatic heterocycles. The Morgan fingerprint density at radius 2 is 2.12 bits per heavy atom. The van der Waals surface area contributed by atoms with Crippen molar-refractivity contribution in [3.63, 3.8) is 0 Å². The molecule has 86 valence electrons. The van der Waals surface area contributed by atoms with Gasteiger partial charge in [0.25, 0.3) is 0 Å². The van der Waals surface area contributed by atoms with Crippen molar-refractivity contribution in [1.29, 1.82) is 0 Å². The van der Waals surface area contributed by atoms with Gasteiger partial charge in [-0.1, -0.05) is 13.0 Å². The standard InChI is InChI=1S/C11H14N2O2S/c1-3-5-10-12-8-6-4-7-9(11(8)13-10)16(2,14)15/h4,6-7H,3,5H2,1-2H3,(H,12,13). The smallest absolute Gasteiger partial charge is 0.177 e. The van der Waals surface area contributed by atoms with E-state index in [1.807, 2.05) is 6.07 Å². The molecule has 0 aliphatic heterocycles. The minimum atomic E-state index is -3.21. The summed E-state index contributed by atoms with van der Waals surface area (Å²) in [7, 11) is -3.21. The molecule has 0 saturated heterocycles. The Bertz CT molecular complexity index is 614. The van der Waals surface area contributed by atoms with Gasteiger partial charge < -0.3 is 4.98 Å². The first-order valence-electron chi connectivity index (χ1n) is 5.20. The first-order chi connectivity index (χ1) is 7.52. The fourth-order valence-electron chi connectivity index (χ4n) is 1.71. The average molecular weight is 238 g/mol. The lowest BCUT2D eigenvalue weighted by atomic mass is 10.3. The Morgan fingerprint density at radius 3 is 2.75 bits per heavy atom. The minimum absolute atomic E-state index is 0.295. The molecule has 1 N–H and O–H groups in total. The number of aromatic amines is 1. The molecule has 2 aromatic rings. The molecule has 1 heterocycles. The summed E-state index contributed by atoms with van der Waals surface area (Å²) in [6, 6.07) is 5.16. The molecule has 0 unspecified atom stereocenters. The number of benzene rings is 1. The maximum atomic E-state index is 11.6. The van der Waals surface area contributed by atoms with Gasteiger partial charge in [-0.25, -0.2) is 13.4 Å². The lowest BCUT2D eigenvalue weighted by Gasteiger charge is -1.97. The topological polar surface area (TPSA) is 62.8 Å². The Kier molecular flexibility index (Phi) is 2.71. The Morgan fingerprint density at radius 1 is 1.38 bits per heavy atom. The molecular weight excluding hydrogens is 224 g/mol. The van der Waals surface area contributed by atoms with Gasteiger partial charge in [-0.15, -0.1) is 0 Å². The van der Waals surface area contributed by atoms with E-state index >= 15 is 0 Å². The predicted molar refractivity (Wildman–Crippen MR) is 63.2 cm³/mol. The molecule has 0 aliphatic rings. The highest BCUT2D eigenvalue weighted by atomic mass is 32.2. The van der Waals surface area contributed by atoms with Crippen molar-refractivity contribution in [1.82, 2.24) is 9.97 Å². The van der Waals surface area contributed by atoms with E-state index in [0.29, 0.717) is 10.4 Å². The predicted octanol–water partition coefficient (Wildman–Crippen LogP) is 1.92. The number of aryl methyl sites for hydroxylation is 1. The second-order valence-electron chi connectivity index (χ2n) is 3.86. The third-order valence-electron chi connectivity index (χ3n) is 2.41. The van der Waals surface area contributed by atoms with Crippen LogP contribution in [0.2, 0.25) is 0 Å². The second kappa shape index (κ2) is 3.90. The summed E-state index contributed by atoms with van der Waals surface area (Å²) in [4.78, 5) is 7.76. The highest BCUT2D eigenvalue weighted by molar-refractivity contribution is 7.91. The molecular formula is C11H14N2O2S. The molecule has 0 spiro atoms. The lowest BCUT2D eigenvalue weighted by Crippen LogP contribution is -1.97. The van der Waals surface area contributed by atoms with Crippen molar-refractivity contribution in [3.05, 3.63) is 24.0 Å². The largest absolute Gasteiger partial charge is 0.342 e. The van der Waals surface area contributed by atoms with E-state index in [4.69, 9.17) is 0 Å². The summed E-state index contributed by atoms with van der Waals surface area (Å²) in [5, 5.41) is 0. The maximum Gasteiger partial charge on any atom is 0.177 e. The SMILES string of the molecule is CCCc1nc2c(S(C)(=O)=O)cccc2[nH]1. The van der Waals surface area contributed by atoms with Crippen LogP contribution in [0.25, 0.3) is 11.0 Å². The van der Waals surface area contributed by atoms with Crippen molar-refractivity contribution in [2.45, 2.75) is 24.7 Å². The zero-order valence-electron chi connectivity index (χ0n) is 9.32. The number of aromatic nitrogens is 2. The van der Waals surface area contributed by atoms with Gasteiger partial charge >= 0.3 is 0 Å². The number of nitrogens with one attached hydrogen (secondary N) is 1.